The summed E-state index contributed by atoms with van der Waals surface area (Å²) in [5.41, 5.74) is 0.834. The van der Waals surface area contributed by atoms with Crippen molar-refractivity contribution in [3.63, 3.8) is 0 Å². The summed E-state index contributed by atoms with van der Waals surface area (Å²) in [6, 6.07) is 4.56. The number of hydrogen-bond donors (Lipinski definition) is 1. The van der Waals surface area contributed by atoms with Gasteiger partial charge in [0, 0.05) is 44.9 Å². The van der Waals surface area contributed by atoms with Gasteiger partial charge in [0.15, 0.2) is 0 Å². The molecule has 1 aliphatic rings. The lowest BCUT2D eigenvalue weighted by Crippen LogP contribution is -2.48. The van der Waals surface area contributed by atoms with Crippen molar-refractivity contribution in [1.82, 2.24) is 4.90 Å². The first-order valence-corrected chi connectivity index (χ1v) is 6.94. The minimum atomic E-state index is -0.448. The van der Waals surface area contributed by atoms with Crippen LogP contribution in [0, 0.1) is 10.1 Å². The Bertz CT molecular complexity index is 488. The highest BCUT2D eigenvalue weighted by molar-refractivity contribution is 6.33. The smallest absolute Gasteiger partial charge is 0.271 e. The molecule has 110 valence electrons. The van der Waals surface area contributed by atoms with E-state index in [1.165, 1.54) is 12.1 Å². The number of aliphatic hydroxyl groups is 1. The van der Waals surface area contributed by atoms with Crippen LogP contribution in [-0.4, -0.2) is 53.8 Å². The summed E-state index contributed by atoms with van der Waals surface area (Å²) < 4.78 is 0. The van der Waals surface area contributed by atoms with Gasteiger partial charge in [-0.25, -0.2) is 0 Å². The molecule has 0 unspecified atom stereocenters. The SMILES string of the molecule is C[C@@H](O)CN1CCN(c2ccc([N+](=O)[O-])cc2Cl)CC1. The zero-order valence-corrected chi connectivity index (χ0v) is 12.1. The van der Waals surface area contributed by atoms with E-state index in [1.54, 1.807) is 13.0 Å². The Morgan fingerprint density at radius 3 is 2.55 bits per heavy atom. The maximum absolute atomic E-state index is 10.7. The van der Waals surface area contributed by atoms with Crippen LogP contribution in [0.1, 0.15) is 6.92 Å². The van der Waals surface area contributed by atoms with Crippen molar-refractivity contribution in [2.45, 2.75) is 13.0 Å². The quantitative estimate of drug-likeness (QED) is 0.677. The van der Waals surface area contributed by atoms with Crippen LogP contribution in [-0.2, 0) is 0 Å². The molecule has 1 atom stereocenters. The number of piperazine rings is 1. The van der Waals surface area contributed by atoms with Gasteiger partial charge in [-0.3, -0.25) is 15.0 Å². The maximum atomic E-state index is 10.7. The largest absolute Gasteiger partial charge is 0.392 e. The van der Waals surface area contributed by atoms with E-state index in [9.17, 15) is 15.2 Å². The van der Waals surface area contributed by atoms with E-state index in [1.807, 2.05) is 0 Å². The molecule has 1 heterocycles. The Morgan fingerprint density at radius 2 is 2.05 bits per heavy atom. The van der Waals surface area contributed by atoms with Gasteiger partial charge in [-0.2, -0.15) is 0 Å². The highest BCUT2D eigenvalue weighted by atomic mass is 35.5. The molecule has 1 aromatic rings. The van der Waals surface area contributed by atoms with Crippen LogP contribution in [0.5, 0.6) is 0 Å². The third-order valence-electron chi connectivity index (χ3n) is 3.38. The average Bonchev–Trinajstić information content (AvgIpc) is 2.39. The molecular weight excluding hydrogens is 282 g/mol. The van der Waals surface area contributed by atoms with Crippen molar-refractivity contribution in [1.29, 1.82) is 0 Å². The van der Waals surface area contributed by atoms with Crippen molar-refractivity contribution in [2.24, 2.45) is 0 Å². The van der Waals surface area contributed by atoms with Crippen LogP contribution in [0.3, 0.4) is 0 Å². The van der Waals surface area contributed by atoms with Gasteiger partial charge < -0.3 is 10.0 Å². The monoisotopic (exact) mass is 299 g/mol. The van der Waals surface area contributed by atoms with E-state index in [-0.39, 0.29) is 11.8 Å². The van der Waals surface area contributed by atoms with E-state index in [0.29, 0.717) is 11.6 Å². The number of halogens is 1. The third-order valence-corrected chi connectivity index (χ3v) is 3.68. The number of hydrogen-bond acceptors (Lipinski definition) is 5. The molecule has 0 bridgehead atoms. The molecule has 1 fully saturated rings. The fourth-order valence-corrected chi connectivity index (χ4v) is 2.71. The number of rotatable bonds is 4. The summed E-state index contributed by atoms with van der Waals surface area (Å²) in [5.74, 6) is 0. The standard InChI is InChI=1S/C13H18ClN3O3/c1-10(18)9-15-4-6-16(7-5-15)13-3-2-11(17(19)20)8-12(13)14/h2-3,8,10,18H,4-7,9H2,1H3/t10-/m1/s1. The second-order valence-electron chi connectivity index (χ2n) is 5.03. The van der Waals surface area contributed by atoms with Crippen molar-refractivity contribution in [3.05, 3.63) is 33.3 Å². The summed E-state index contributed by atoms with van der Waals surface area (Å²) in [5, 5.41) is 20.5. The van der Waals surface area contributed by atoms with Gasteiger partial charge in [-0.15, -0.1) is 0 Å². The van der Waals surface area contributed by atoms with E-state index >= 15 is 0 Å². The second kappa shape index (κ2) is 6.39. The summed E-state index contributed by atoms with van der Waals surface area (Å²) >= 11 is 6.13. The normalized spacial score (nSPS) is 18.1. The number of benzene rings is 1. The molecule has 0 aliphatic carbocycles. The molecule has 0 spiro atoms. The first-order chi connectivity index (χ1) is 9.47. The van der Waals surface area contributed by atoms with Gasteiger partial charge in [0.05, 0.1) is 21.7 Å². The molecule has 1 aliphatic heterocycles. The summed E-state index contributed by atoms with van der Waals surface area (Å²) in [4.78, 5) is 14.6. The lowest BCUT2D eigenvalue weighted by molar-refractivity contribution is -0.384. The Labute approximate surface area is 122 Å². The number of nitro benzene ring substituents is 1. The first-order valence-electron chi connectivity index (χ1n) is 6.56. The molecule has 20 heavy (non-hydrogen) atoms. The Hall–Kier alpha value is -1.37. The molecule has 0 aromatic heterocycles. The molecule has 0 radical (unpaired) electrons. The van der Waals surface area contributed by atoms with E-state index in [0.717, 1.165) is 31.9 Å². The third kappa shape index (κ3) is 3.59. The fourth-order valence-electron chi connectivity index (χ4n) is 2.41. The highest BCUT2D eigenvalue weighted by Crippen LogP contribution is 2.30. The summed E-state index contributed by atoms with van der Waals surface area (Å²) in [7, 11) is 0. The molecule has 2 rings (SSSR count). The summed E-state index contributed by atoms with van der Waals surface area (Å²) in [6.07, 6.45) is -0.329. The van der Waals surface area contributed by atoms with Crippen LogP contribution < -0.4 is 4.90 Å². The number of β-amino-alcohol motifs (C(OH)–C–C–N with tert-alkyl or cyclic N) is 1. The molecule has 7 heteroatoms. The maximum Gasteiger partial charge on any atom is 0.271 e. The zero-order valence-electron chi connectivity index (χ0n) is 11.3. The van der Waals surface area contributed by atoms with Crippen LogP contribution >= 0.6 is 11.6 Å². The van der Waals surface area contributed by atoms with Crippen molar-refractivity contribution in [3.8, 4) is 0 Å². The number of anilines is 1. The molecule has 6 nitrogen and oxygen atoms in total. The number of aliphatic hydroxyl groups excluding tert-OH is 1. The number of non-ortho nitro benzene ring substituents is 1. The van der Waals surface area contributed by atoms with Crippen LogP contribution in [0.25, 0.3) is 0 Å². The van der Waals surface area contributed by atoms with Crippen LogP contribution in [0.15, 0.2) is 18.2 Å². The molecule has 0 amide bonds. The van der Waals surface area contributed by atoms with Crippen LogP contribution in [0.4, 0.5) is 11.4 Å². The lowest BCUT2D eigenvalue weighted by Gasteiger charge is -2.36. The van der Waals surface area contributed by atoms with Crippen molar-refractivity contribution >= 4 is 23.0 Å². The average molecular weight is 300 g/mol. The zero-order chi connectivity index (χ0) is 14.7. The predicted molar refractivity (Wildman–Crippen MR) is 78.4 cm³/mol. The minimum Gasteiger partial charge on any atom is -0.392 e. The molecule has 1 aromatic carbocycles. The first kappa shape index (κ1) is 15.0. The van der Waals surface area contributed by atoms with Gasteiger partial charge in [0.1, 0.15) is 0 Å². The van der Waals surface area contributed by atoms with Crippen LogP contribution in [0.2, 0.25) is 5.02 Å². The van der Waals surface area contributed by atoms with E-state index in [4.69, 9.17) is 11.6 Å². The summed E-state index contributed by atoms with van der Waals surface area (Å²) in [6.45, 7) is 5.73. The van der Waals surface area contributed by atoms with E-state index in [2.05, 4.69) is 9.80 Å². The number of nitrogens with zero attached hydrogens (tertiary/aromatic N) is 3. The highest BCUT2D eigenvalue weighted by Gasteiger charge is 2.20. The number of nitro groups is 1. The predicted octanol–water partition coefficient (Wildman–Crippen LogP) is 1.75. The van der Waals surface area contributed by atoms with E-state index < -0.39 is 4.92 Å². The molecule has 1 N–H and O–H groups in total. The molecule has 1 saturated heterocycles. The fraction of sp³-hybridized carbons (Fsp3) is 0.538. The Kier molecular flexibility index (Phi) is 4.80. The van der Waals surface area contributed by atoms with Gasteiger partial charge in [0.2, 0.25) is 0 Å². The topological polar surface area (TPSA) is 69.8 Å². The Balaban J connectivity index is 2.02. The lowest BCUT2D eigenvalue weighted by atomic mass is 10.2. The Morgan fingerprint density at radius 1 is 1.40 bits per heavy atom. The minimum absolute atomic E-state index is 0.00601. The van der Waals surface area contributed by atoms with Crippen molar-refractivity contribution < 1.29 is 10.0 Å². The van der Waals surface area contributed by atoms with Crippen molar-refractivity contribution in [2.75, 3.05) is 37.6 Å². The van der Waals surface area contributed by atoms with Gasteiger partial charge in [0.25, 0.3) is 5.69 Å². The van der Waals surface area contributed by atoms with Gasteiger partial charge >= 0.3 is 0 Å². The van der Waals surface area contributed by atoms with Gasteiger partial charge in [-0.05, 0) is 13.0 Å². The second-order valence-corrected chi connectivity index (χ2v) is 5.44. The molecule has 0 saturated carbocycles. The van der Waals surface area contributed by atoms with Gasteiger partial charge in [-0.1, -0.05) is 11.6 Å². The molecular formula is C13H18ClN3O3.